The van der Waals surface area contributed by atoms with Gasteiger partial charge < -0.3 is 20.8 Å². The number of hydrogen-bond donors (Lipinski definition) is 4. The fourth-order valence-corrected chi connectivity index (χ4v) is 2.77. The van der Waals surface area contributed by atoms with Gasteiger partial charge in [-0.05, 0) is 31.6 Å². The number of carboxylic acid groups (broad SMARTS) is 1. The lowest BCUT2D eigenvalue weighted by atomic mass is 9.93. The number of amides is 2. The van der Waals surface area contributed by atoms with Crippen molar-refractivity contribution in [1.29, 1.82) is 0 Å². The van der Waals surface area contributed by atoms with E-state index in [-0.39, 0.29) is 18.5 Å². The lowest BCUT2D eigenvalue weighted by molar-refractivity contribution is -0.137. The molecule has 2 amide bonds. The molecule has 0 aromatic carbocycles. The van der Waals surface area contributed by atoms with Crippen molar-refractivity contribution < 1.29 is 19.8 Å². The van der Waals surface area contributed by atoms with E-state index < -0.39 is 12.1 Å². The minimum atomic E-state index is -0.773. The molecule has 6 nitrogen and oxygen atoms in total. The molecular formula is C15H28N2O4. The zero-order valence-corrected chi connectivity index (χ0v) is 12.8. The summed E-state index contributed by atoms with van der Waals surface area (Å²) in [6, 6.07) is -0.387. The molecule has 0 aromatic rings. The molecule has 0 radical (unpaired) electrons. The predicted octanol–water partition coefficient (Wildman–Crippen LogP) is 1.87. The molecule has 0 spiro atoms. The van der Waals surface area contributed by atoms with Crippen LogP contribution in [0.4, 0.5) is 4.79 Å². The molecule has 3 atom stereocenters. The molecule has 0 aliphatic heterocycles. The Morgan fingerprint density at radius 1 is 1.24 bits per heavy atom. The zero-order chi connectivity index (χ0) is 15.7. The van der Waals surface area contributed by atoms with Gasteiger partial charge in [-0.25, -0.2) is 4.79 Å². The average molecular weight is 300 g/mol. The highest BCUT2D eigenvalue weighted by molar-refractivity contribution is 5.74. The molecule has 6 heteroatoms. The molecule has 1 saturated carbocycles. The fraction of sp³-hybridized carbons (Fsp3) is 0.867. The van der Waals surface area contributed by atoms with Gasteiger partial charge in [0.05, 0.1) is 12.1 Å². The first-order chi connectivity index (χ1) is 10.0. The Labute approximate surface area is 126 Å². The first kappa shape index (κ1) is 17.8. The maximum absolute atomic E-state index is 11.8. The van der Waals surface area contributed by atoms with Crippen LogP contribution in [0.3, 0.4) is 0 Å². The van der Waals surface area contributed by atoms with E-state index in [1.807, 2.05) is 6.92 Å². The lowest BCUT2D eigenvalue weighted by Gasteiger charge is -2.28. The van der Waals surface area contributed by atoms with Gasteiger partial charge >= 0.3 is 12.0 Å². The summed E-state index contributed by atoms with van der Waals surface area (Å²) in [6.45, 7) is 2.57. The van der Waals surface area contributed by atoms with E-state index >= 15 is 0 Å². The SMILES string of the molecule is CCC(CCNC(=O)NC1CCCCC1O)CCC(=O)O. The maximum Gasteiger partial charge on any atom is 0.315 e. The Balaban J connectivity index is 2.18. The quantitative estimate of drug-likeness (QED) is 0.550. The number of carboxylic acids is 1. The van der Waals surface area contributed by atoms with Crippen LogP contribution in [-0.2, 0) is 4.79 Å². The van der Waals surface area contributed by atoms with E-state index in [0.717, 1.165) is 38.5 Å². The maximum atomic E-state index is 11.8. The summed E-state index contributed by atoms with van der Waals surface area (Å²) >= 11 is 0. The molecule has 1 aliphatic rings. The summed E-state index contributed by atoms with van der Waals surface area (Å²) in [4.78, 5) is 22.3. The van der Waals surface area contributed by atoms with Gasteiger partial charge in [0.25, 0.3) is 0 Å². The van der Waals surface area contributed by atoms with Crippen LogP contribution < -0.4 is 10.6 Å². The monoisotopic (exact) mass is 300 g/mol. The van der Waals surface area contributed by atoms with Crippen LogP contribution in [-0.4, -0.2) is 40.9 Å². The van der Waals surface area contributed by atoms with Crippen LogP contribution in [0.2, 0.25) is 0 Å². The van der Waals surface area contributed by atoms with E-state index in [1.165, 1.54) is 0 Å². The van der Waals surface area contributed by atoms with Gasteiger partial charge in [0.2, 0.25) is 0 Å². The number of carbonyl (C=O) groups excluding carboxylic acids is 1. The Kier molecular flexibility index (Phi) is 8.12. The molecule has 0 heterocycles. The van der Waals surface area contributed by atoms with Crippen LogP contribution in [0.15, 0.2) is 0 Å². The molecule has 21 heavy (non-hydrogen) atoms. The Morgan fingerprint density at radius 2 is 1.95 bits per heavy atom. The standard InChI is InChI=1S/C15H28N2O4/c1-2-11(7-8-14(19)20)9-10-16-15(21)17-12-5-3-4-6-13(12)18/h11-13,18H,2-10H2,1H3,(H,19,20)(H2,16,17,21). The smallest absolute Gasteiger partial charge is 0.315 e. The molecule has 1 fully saturated rings. The summed E-state index contributed by atoms with van der Waals surface area (Å²) in [6.07, 6.45) is 5.71. The second kappa shape index (κ2) is 9.60. The van der Waals surface area contributed by atoms with Crippen molar-refractivity contribution in [2.24, 2.45) is 5.92 Å². The molecule has 4 N–H and O–H groups in total. The minimum Gasteiger partial charge on any atom is -0.481 e. The van der Waals surface area contributed by atoms with Crippen molar-refractivity contribution in [1.82, 2.24) is 10.6 Å². The van der Waals surface area contributed by atoms with Crippen LogP contribution in [0, 0.1) is 5.92 Å². The van der Waals surface area contributed by atoms with Crippen LogP contribution >= 0.6 is 0 Å². The number of aliphatic carboxylic acids is 1. The minimum absolute atomic E-state index is 0.146. The largest absolute Gasteiger partial charge is 0.481 e. The van der Waals surface area contributed by atoms with E-state index in [9.17, 15) is 14.7 Å². The van der Waals surface area contributed by atoms with Crippen LogP contribution in [0.1, 0.15) is 58.3 Å². The average Bonchev–Trinajstić information content (AvgIpc) is 2.45. The second-order valence-electron chi connectivity index (χ2n) is 5.85. The molecule has 0 bridgehead atoms. The first-order valence-corrected chi connectivity index (χ1v) is 7.97. The van der Waals surface area contributed by atoms with E-state index in [0.29, 0.717) is 18.9 Å². The number of aliphatic hydroxyl groups excluding tert-OH is 1. The number of hydrogen-bond acceptors (Lipinski definition) is 3. The van der Waals surface area contributed by atoms with E-state index in [2.05, 4.69) is 10.6 Å². The molecule has 3 unspecified atom stereocenters. The van der Waals surface area contributed by atoms with E-state index in [1.54, 1.807) is 0 Å². The number of rotatable bonds is 8. The van der Waals surface area contributed by atoms with Crippen molar-refractivity contribution >= 4 is 12.0 Å². The predicted molar refractivity (Wildman–Crippen MR) is 80.1 cm³/mol. The van der Waals surface area contributed by atoms with Gasteiger partial charge in [-0.1, -0.05) is 26.2 Å². The highest BCUT2D eigenvalue weighted by atomic mass is 16.4. The molecule has 0 saturated heterocycles. The molecule has 0 aromatic heterocycles. The number of carbonyl (C=O) groups is 2. The number of urea groups is 1. The summed E-state index contributed by atoms with van der Waals surface area (Å²) in [5.74, 6) is -0.452. The highest BCUT2D eigenvalue weighted by Crippen LogP contribution is 2.18. The van der Waals surface area contributed by atoms with Gasteiger partial charge in [-0.3, -0.25) is 4.79 Å². The van der Waals surface area contributed by atoms with E-state index in [4.69, 9.17) is 5.11 Å². The van der Waals surface area contributed by atoms with Crippen molar-refractivity contribution in [3.05, 3.63) is 0 Å². The molecule has 122 valence electrons. The highest BCUT2D eigenvalue weighted by Gasteiger charge is 2.24. The summed E-state index contributed by atoms with van der Waals surface area (Å²) in [7, 11) is 0. The van der Waals surface area contributed by atoms with Gasteiger partial charge in [0.1, 0.15) is 0 Å². The van der Waals surface area contributed by atoms with Gasteiger partial charge in [-0.2, -0.15) is 0 Å². The number of nitrogens with one attached hydrogen (secondary N) is 2. The van der Waals surface area contributed by atoms with Gasteiger partial charge in [0.15, 0.2) is 0 Å². The number of aliphatic hydroxyl groups is 1. The van der Waals surface area contributed by atoms with Crippen LogP contribution in [0.25, 0.3) is 0 Å². The molecule has 1 aliphatic carbocycles. The van der Waals surface area contributed by atoms with Crippen molar-refractivity contribution in [3.8, 4) is 0 Å². The topological polar surface area (TPSA) is 98.7 Å². The lowest BCUT2D eigenvalue weighted by Crippen LogP contribution is -2.49. The Bertz CT molecular complexity index is 336. The third kappa shape index (κ3) is 7.32. The first-order valence-electron chi connectivity index (χ1n) is 7.97. The van der Waals surface area contributed by atoms with Crippen molar-refractivity contribution in [2.45, 2.75) is 70.4 Å². The molecule has 1 rings (SSSR count). The normalized spacial score (nSPS) is 23.3. The Hall–Kier alpha value is -1.30. The fourth-order valence-electron chi connectivity index (χ4n) is 2.77. The molecular weight excluding hydrogens is 272 g/mol. The summed E-state index contributed by atoms with van der Waals surface area (Å²) in [5, 5.41) is 24.1. The zero-order valence-electron chi connectivity index (χ0n) is 12.8. The Morgan fingerprint density at radius 3 is 2.57 bits per heavy atom. The van der Waals surface area contributed by atoms with Crippen molar-refractivity contribution in [3.63, 3.8) is 0 Å². The third-order valence-corrected chi connectivity index (χ3v) is 4.23. The summed E-state index contributed by atoms with van der Waals surface area (Å²) < 4.78 is 0. The van der Waals surface area contributed by atoms with Crippen LogP contribution in [0.5, 0.6) is 0 Å². The van der Waals surface area contributed by atoms with Gasteiger partial charge in [-0.15, -0.1) is 0 Å². The van der Waals surface area contributed by atoms with Crippen molar-refractivity contribution in [2.75, 3.05) is 6.54 Å². The summed E-state index contributed by atoms with van der Waals surface area (Å²) in [5.41, 5.74) is 0. The van der Waals surface area contributed by atoms with Gasteiger partial charge in [0, 0.05) is 13.0 Å². The third-order valence-electron chi connectivity index (χ3n) is 4.23. The second-order valence-corrected chi connectivity index (χ2v) is 5.85.